The van der Waals surface area contributed by atoms with E-state index in [1.54, 1.807) is 6.08 Å². The minimum atomic E-state index is 0.0319. The highest BCUT2D eigenvalue weighted by atomic mass is 16.5. The number of rotatable bonds is 3. The van der Waals surface area contributed by atoms with Crippen LogP contribution in [0.3, 0.4) is 0 Å². The van der Waals surface area contributed by atoms with Crippen LogP contribution in [0.15, 0.2) is 66.7 Å². The van der Waals surface area contributed by atoms with Crippen LogP contribution in [0.2, 0.25) is 0 Å². The van der Waals surface area contributed by atoms with Crippen LogP contribution in [-0.2, 0) is 4.74 Å². The fourth-order valence-corrected chi connectivity index (χ4v) is 1.95. The summed E-state index contributed by atoms with van der Waals surface area (Å²) in [6.45, 7) is 2.00. The number of ether oxygens (including phenoxy) is 1. The first-order valence-electron chi connectivity index (χ1n) is 7.26. The predicted octanol–water partition coefficient (Wildman–Crippen LogP) is 4.38. The fourth-order valence-electron chi connectivity index (χ4n) is 1.95. The van der Waals surface area contributed by atoms with Crippen LogP contribution in [0.1, 0.15) is 28.8 Å². The molecule has 3 rings (SSSR count). The molecule has 0 aliphatic carbocycles. The molecular weight excluding hydrogens is 260 g/mol. The molecule has 1 aliphatic heterocycles. The van der Waals surface area contributed by atoms with Crippen molar-refractivity contribution in [3.05, 3.63) is 77.9 Å². The summed E-state index contributed by atoms with van der Waals surface area (Å²) in [5.74, 6) is 0.0319. The lowest BCUT2D eigenvalue weighted by Crippen LogP contribution is -1.92. The molecule has 0 spiro atoms. The third-order valence-corrected chi connectivity index (χ3v) is 3.11. The second kappa shape index (κ2) is 8.88. The summed E-state index contributed by atoms with van der Waals surface area (Å²) < 4.78 is 4.94. The van der Waals surface area contributed by atoms with Crippen LogP contribution < -0.4 is 0 Å². The fraction of sp³-hybridized carbons (Fsp3) is 0.211. The number of hydrogen-bond acceptors (Lipinski definition) is 2. The molecule has 0 bridgehead atoms. The monoisotopic (exact) mass is 280 g/mol. The van der Waals surface area contributed by atoms with Crippen LogP contribution in [0.5, 0.6) is 0 Å². The standard InChI is InChI=1S/C15H12O.C4H8O/c16-15(14-9-5-2-6-10-14)12-11-13-7-3-1-4-8-13;1-2-4-5-3-1/h1-12H;1-4H2. The largest absolute Gasteiger partial charge is 0.381 e. The first kappa shape index (κ1) is 15.2. The van der Waals surface area contributed by atoms with Gasteiger partial charge in [-0.25, -0.2) is 0 Å². The van der Waals surface area contributed by atoms with E-state index in [4.69, 9.17) is 4.74 Å². The zero-order valence-corrected chi connectivity index (χ0v) is 12.1. The van der Waals surface area contributed by atoms with Gasteiger partial charge in [-0.2, -0.15) is 0 Å². The number of carbonyl (C=O) groups excluding carboxylic acids is 1. The van der Waals surface area contributed by atoms with Crippen molar-refractivity contribution < 1.29 is 9.53 Å². The Labute approximate surface area is 126 Å². The maximum atomic E-state index is 11.7. The summed E-state index contributed by atoms with van der Waals surface area (Å²) in [6.07, 6.45) is 5.99. The van der Waals surface area contributed by atoms with E-state index in [0.717, 1.165) is 24.3 Å². The molecular formula is C19H20O2. The van der Waals surface area contributed by atoms with Gasteiger partial charge in [0.05, 0.1) is 0 Å². The molecule has 2 nitrogen and oxygen atoms in total. The van der Waals surface area contributed by atoms with Crippen molar-refractivity contribution in [2.24, 2.45) is 0 Å². The van der Waals surface area contributed by atoms with Crippen molar-refractivity contribution in [3.63, 3.8) is 0 Å². The molecule has 1 fully saturated rings. The predicted molar refractivity (Wildman–Crippen MR) is 86.3 cm³/mol. The third-order valence-electron chi connectivity index (χ3n) is 3.11. The first-order valence-corrected chi connectivity index (χ1v) is 7.26. The molecule has 1 saturated heterocycles. The van der Waals surface area contributed by atoms with E-state index in [0.29, 0.717) is 0 Å². The Morgan fingerprint density at radius 2 is 1.43 bits per heavy atom. The van der Waals surface area contributed by atoms with Crippen molar-refractivity contribution in [1.82, 2.24) is 0 Å². The second-order valence-corrected chi connectivity index (χ2v) is 4.79. The molecule has 0 radical (unpaired) electrons. The third kappa shape index (κ3) is 5.76. The minimum Gasteiger partial charge on any atom is -0.381 e. The van der Waals surface area contributed by atoms with Gasteiger partial charge in [-0.15, -0.1) is 0 Å². The number of carbonyl (C=O) groups is 1. The van der Waals surface area contributed by atoms with E-state index >= 15 is 0 Å². The highest BCUT2D eigenvalue weighted by molar-refractivity contribution is 6.06. The minimum absolute atomic E-state index is 0.0319. The summed E-state index contributed by atoms with van der Waals surface area (Å²) in [4.78, 5) is 11.7. The maximum Gasteiger partial charge on any atom is 0.185 e. The zero-order chi connectivity index (χ0) is 14.8. The molecule has 108 valence electrons. The molecule has 2 heteroatoms. The van der Waals surface area contributed by atoms with E-state index < -0.39 is 0 Å². The lowest BCUT2D eigenvalue weighted by atomic mass is 10.1. The van der Waals surface area contributed by atoms with Crippen LogP contribution >= 0.6 is 0 Å². The quantitative estimate of drug-likeness (QED) is 0.616. The molecule has 0 aromatic heterocycles. The van der Waals surface area contributed by atoms with E-state index in [-0.39, 0.29) is 5.78 Å². The molecule has 1 aliphatic rings. The highest BCUT2D eigenvalue weighted by Crippen LogP contribution is 2.05. The normalized spacial score (nSPS) is 13.7. The molecule has 2 aromatic carbocycles. The topological polar surface area (TPSA) is 26.3 Å². The average Bonchev–Trinajstić information content (AvgIpc) is 3.14. The Morgan fingerprint density at radius 1 is 0.857 bits per heavy atom. The van der Waals surface area contributed by atoms with Gasteiger partial charge in [0, 0.05) is 18.8 Å². The summed E-state index contributed by atoms with van der Waals surface area (Å²) in [7, 11) is 0. The van der Waals surface area contributed by atoms with Crippen molar-refractivity contribution in [2.45, 2.75) is 12.8 Å². The Hall–Kier alpha value is -2.19. The summed E-state index contributed by atoms with van der Waals surface area (Å²) in [5, 5.41) is 0. The number of ketones is 1. The van der Waals surface area contributed by atoms with Crippen LogP contribution in [-0.4, -0.2) is 19.0 Å². The van der Waals surface area contributed by atoms with Crippen molar-refractivity contribution in [1.29, 1.82) is 0 Å². The number of benzene rings is 2. The lowest BCUT2D eigenvalue weighted by Gasteiger charge is -1.94. The summed E-state index contributed by atoms with van der Waals surface area (Å²) >= 11 is 0. The zero-order valence-electron chi connectivity index (χ0n) is 12.1. The van der Waals surface area contributed by atoms with Gasteiger partial charge in [-0.1, -0.05) is 66.7 Å². The van der Waals surface area contributed by atoms with E-state index in [1.807, 2.05) is 66.7 Å². The molecule has 0 amide bonds. The molecule has 0 unspecified atom stereocenters. The Morgan fingerprint density at radius 3 is 1.95 bits per heavy atom. The van der Waals surface area contributed by atoms with E-state index in [2.05, 4.69) is 0 Å². The van der Waals surface area contributed by atoms with Crippen molar-refractivity contribution in [2.75, 3.05) is 13.2 Å². The van der Waals surface area contributed by atoms with Crippen LogP contribution in [0.25, 0.3) is 6.08 Å². The smallest absolute Gasteiger partial charge is 0.185 e. The van der Waals surface area contributed by atoms with Crippen LogP contribution in [0, 0.1) is 0 Å². The Balaban J connectivity index is 0.000000272. The van der Waals surface area contributed by atoms with E-state index in [9.17, 15) is 4.79 Å². The van der Waals surface area contributed by atoms with Crippen molar-refractivity contribution in [3.8, 4) is 0 Å². The Bertz CT molecular complexity index is 547. The molecule has 1 heterocycles. The van der Waals surface area contributed by atoms with Gasteiger partial charge >= 0.3 is 0 Å². The average molecular weight is 280 g/mol. The number of allylic oxidation sites excluding steroid dienone is 1. The van der Waals surface area contributed by atoms with Crippen LogP contribution in [0.4, 0.5) is 0 Å². The molecule has 21 heavy (non-hydrogen) atoms. The second-order valence-electron chi connectivity index (χ2n) is 4.79. The lowest BCUT2D eigenvalue weighted by molar-refractivity contribution is 0.104. The van der Waals surface area contributed by atoms with Gasteiger partial charge in [0.2, 0.25) is 0 Å². The summed E-state index contributed by atoms with van der Waals surface area (Å²) in [6, 6.07) is 19.1. The van der Waals surface area contributed by atoms with Gasteiger partial charge in [-0.05, 0) is 24.5 Å². The highest BCUT2D eigenvalue weighted by Gasteiger charge is 1.98. The van der Waals surface area contributed by atoms with E-state index in [1.165, 1.54) is 12.8 Å². The first-order chi connectivity index (χ1) is 10.4. The van der Waals surface area contributed by atoms with Gasteiger partial charge in [-0.3, -0.25) is 4.79 Å². The van der Waals surface area contributed by atoms with Gasteiger partial charge in [0.15, 0.2) is 5.78 Å². The molecule has 0 N–H and O–H groups in total. The SMILES string of the molecule is C1CCOC1.O=C(C=Cc1ccccc1)c1ccccc1. The Kier molecular flexibility index (Phi) is 6.43. The van der Waals surface area contributed by atoms with Gasteiger partial charge in [0.1, 0.15) is 0 Å². The van der Waals surface area contributed by atoms with Gasteiger partial charge in [0.25, 0.3) is 0 Å². The molecule has 0 atom stereocenters. The maximum absolute atomic E-state index is 11.7. The molecule has 2 aromatic rings. The molecule has 0 saturated carbocycles. The summed E-state index contributed by atoms with van der Waals surface area (Å²) in [5.41, 5.74) is 1.75. The van der Waals surface area contributed by atoms with Gasteiger partial charge < -0.3 is 4.74 Å². The number of hydrogen-bond donors (Lipinski definition) is 0. The van der Waals surface area contributed by atoms with Crippen molar-refractivity contribution >= 4 is 11.9 Å².